The second kappa shape index (κ2) is 10.5. The third kappa shape index (κ3) is 5.46. The number of rotatable bonds is 9. The SMILES string of the molecule is O=C(O)COc1cccc2c1CCC/C2=C/CO/N=C(\Cc1cc[nH]c1)c1ccccc1. The summed E-state index contributed by atoms with van der Waals surface area (Å²) < 4.78 is 5.49. The molecule has 0 aliphatic heterocycles. The summed E-state index contributed by atoms with van der Waals surface area (Å²) in [6, 6.07) is 17.9. The van der Waals surface area contributed by atoms with Crippen LogP contribution in [0.15, 0.2) is 78.2 Å². The van der Waals surface area contributed by atoms with Crippen molar-refractivity contribution in [1.82, 2.24) is 4.98 Å². The highest BCUT2D eigenvalue weighted by molar-refractivity contribution is 6.01. The Bertz CT molecular complexity index is 1100. The summed E-state index contributed by atoms with van der Waals surface area (Å²) in [6.45, 7) is 0.0230. The van der Waals surface area contributed by atoms with E-state index in [4.69, 9.17) is 14.7 Å². The van der Waals surface area contributed by atoms with Gasteiger partial charge in [0, 0.05) is 24.4 Å². The Labute approximate surface area is 187 Å². The Morgan fingerprint density at radius 3 is 2.75 bits per heavy atom. The summed E-state index contributed by atoms with van der Waals surface area (Å²) in [5.74, 6) is -0.332. The van der Waals surface area contributed by atoms with Crippen LogP contribution >= 0.6 is 0 Å². The van der Waals surface area contributed by atoms with Gasteiger partial charge >= 0.3 is 5.97 Å². The van der Waals surface area contributed by atoms with Crippen LogP contribution in [0.3, 0.4) is 0 Å². The number of nitrogens with one attached hydrogen (secondary N) is 1. The molecule has 3 aromatic rings. The zero-order valence-corrected chi connectivity index (χ0v) is 17.8. The molecular weight excluding hydrogens is 404 g/mol. The lowest BCUT2D eigenvalue weighted by Gasteiger charge is -2.21. The first-order chi connectivity index (χ1) is 15.7. The molecule has 32 heavy (non-hydrogen) atoms. The number of oxime groups is 1. The van der Waals surface area contributed by atoms with Crippen LogP contribution in [0.5, 0.6) is 5.75 Å². The molecule has 1 aromatic heterocycles. The highest BCUT2D eigenvalue weighted by Crippen LogP contribution is 2.36. The smallest absolute Gasteiger partial charge is 0.341 e. The topological polar surface area (TPSA) is 83.9 Å². The summed E-state index contributed by atoms with van der Waals surface area (Å²) in [4.78, 5) is 19.7. The lowest BCUT2D eigenvalue weighted by molar-refractivity contribution is -0.139. The van der Waals surface area contributed by atoms with Gasteiger partial charge in [0.05, 0.1) is 5.71 Å². The number of aliphatic carboxylic acids is 1. The second-order valence-corrected chi connectivity index (χ2v) is 7.64. The quantitative estimate of drug-likeness (QED) is 0.288. The number of nitrogens with zero attached hydrogens (tertiary/aromatic N) is 1. The summed E-state index contributed by atoms with van der Waals surface area (Å²) >= 11 is 0. The zero-order chi connectivity index (χ0) is 22.2. The van der Waals surface area contributed by atoms with Crippen LogP contribution < -0.4 is 4.74 Å². The fourth-order valence-electron chi connectivity index (χ4n) is 3.93. The maximum atomic E-state index is 10.9. The van der Waals surface area contributed by atoms with Crippen molar-refractivity contribution in [3.05, 3.63) is 95.3 Å². The van der Waals surface area contributed by atoms with E-state index in [1.807, 2.05) is 60.9 Å². The van der Waals surface area contributed by atoms with E-state index in [1.165, 1.54) is 5.57 Å². The molecule has 0 radical (unpaired) electrons. The number of carboxylic acid groups (broad SMARTS) is 1. The summed E-state index contributed by atoms with van der Waals surface area (Å²) in [5.41, 5.74) is 6.38. The maximum absolute atomic E-state index is 10.9. The number of aromatic nitrogens is 1. The van der Waals surface area contributed by atoms with E-state index in [0.717, 1.165) is 47.2 Å². The molecule has 6 nitrogen and oxygen atoms in total. The molecule has 1 aliphatic rings. The predicted molar refractivity (Wildman–Crippen MR) is 124 cm³/mol. The van der Waals surface area contributed by atoms with Crippen LogP contribution in [0.1, 0.15) is 35.1 Å². The molecule has 0 spiro atoms. The van der Waals surface area contributed by atoms with E-state index < -0.39 is 5.97 Å². The molecule has 164 valence electrons. The molecule has 1 heterocycles. The minimum atomic E-state index is -0.978. The molecule has 0 saturated heterocycles. The van der Waals surface area contributed by atoms with Crippen molar-refractivity contribution in [2.75, 3.05) is 13.2 Å². The average Bonchev–Trinajstić information content (AvgIpc) is 3.33. The number of carbonyl (C=O) groups is 1. The van der Waals surface area contributed by atoms with Gasteiger partial charge in [0.15, 0.2) is 6.61 Å². The number of fused-ring (bicyclic) bond motifs is 1. The first-order valence-corrected chi connectivity index (χ1v) is 10.7. The number of ether oxygens (including phenoxy) is 1. The third-order valence-corrected chi connectivity index (χ3v) is 5.42. The minimum absolute atomic E-state index is 0.337. The average molecular weight is 431 g/mol. The van der Waals surface area contributed by atoms with Crippen LogP contribution in [-0.4, -0.2) is 35.0 Å². The Hall–Kier alpha value is -3.80. The number of carboxylic acids is 1. The lowest BCUT2D eigenvalue weighted by Crippen LogP contribution is -2.12. The normalized spacial score (nSPS) is 14.8. The summed E-state index contributed by atoms with van der Waals surface area (Å²) in [5, 5.41) is 13.4. The minimum Gasteiger partial charge on any atom is -0.482 e. The molecule has 0 amide bonds. The van der Waals surface area contributed by atoms with Gasteiger partial charge in [0.2, 0.25) is 0 Å². The van der Waals surface area contributed by atoms with E-state index in [2.05, 4.69) is 22.3 Å². The van der Waals surface area contributed by atoms with Crippen LogP contribution in [0.2, 0.25) is 0 Å². The molecule has 1 aliphatic carbocycles. The zero-order valence-electron chi connectivity index (χ0n) is 17.8. The van der Waals surface area contributed by atoms with E-state index in [-0.39, 0.29) is 6.61 Å². The number of H-pyrrole nitrogens is 1. The van der Waals surface area contributed by atoms with E-state index in [1.54, 1.807) is 0 Å². The molecule has 0 atom stereocenters. The number of aromatic amines is 1. The number of hydrogen-bond acceptors (Lipinski definition) is 4. The lowest BCUT2D eigenvalue weighted by atomic mass is 9.86. The van der Waals surface area contributed by atoms with Crippen LogP contribution in [-0.2, 0) is 22.5 Å². The Morgan fingerprint density at radius 1 is 1.09 bits per heavy atom. The van der Waals surface area contributed by atoms with Gasteiger partial charge in [-0.25, -0.2) is 4.79 Å². The Balaban J connectivity index is 1.48. The van der Waals surface area contributed by atoms with Crippen LogP contribution in [0.25, 0.3) is 5.57 Å². The van der Waals surface area contributed by atoms with Gasteiger partial charge in [-0.1, -0.05) is 47.6 Å². The van der Waals surface area contributed by atoms with Crippen molar-refractivity contribution >= 4 is 17.3 Å². The van der Waals surface area contributed by atoms with Crippen molar-refractivity contribution in [3.63, 3.8) is 0 Å². The maximum Gasteiger partial charge on any atom is 0.341 e. The first-order valence-electron chi connectivity index (χ1n) is 10.7. The van der Waals surface area contributed by atoms with Gasteiger partial charge in [0.1, 0.15) is 12.4 Å². The standard InChI is InChI=1S/C26H26N2O4/c29-26(30)18-31-25-11-5-9-22-20(8-4-10-23(22)25)13-15-32-28-24(16-19-12-14-27-17-19)21-6-2-1-3-7-21/h1-3,5-7,9,11-14,17,27H,4,8,10,15-16,18H2,(H,29,30)/b20-13-,28-24+. The van der Waals surface area contributed by atoms with Gasteiger partial charge in [-0.2, -0.15) is 0 Å². The fourth-order valence-corrected chi connectivity index (χ4v) is 3.93. The monoisotopic (exact) mass is 430 g/mol. The van der Waals surface area contributed by atoms with Crippen molar-refractivity contribution in [2.24, 2.45) is 5.16 Å². The van der Waals surface area contributed by atoms with E-state index >= 15 is 0 Å². The van der Waals surface area contributed by atoms with Gasteiger partial charge in [-0.15, -0.1) is 0 Å². The third-order valence-electron chi connectivity index (χ3n) is 5.42. The number of allylic oxidation sites excluding steroid dienone is 1. The van der Waals surface area contributed by atoms with Gasteiger partial charge in [-0.3, -0.25) is 0 Å². The fraction of sp³-hybridized carbons (Fsp3) is 0.231. The van der Waals surface area contributed by atoms with Gasteiger partial charge < -0.3 is 19.7 Å². The molecular formula is C26H26N2O4. The number of benzene rings is 2. The molecule has 2 N–H and O–H groups in total. The van der Waals surface area contributed by atoms with Crippen molar-refractivity contribution in [3.8, 4) is 5.75 Å². The summed E-state index contributed by atoms with van der Waals surface area (Å²) in [7, 11) is 0. The van der Waals surface area contributed by atoms with Gasteiger partial charge in [0.25, 0.3) is 0 Å². The molecule has 2 aromatic carbocycles. The van der Waals surface area contributed by atoms with Crippen LogP contribution in [0, 0.1) is 0 Å². The first kappa shape index (κ1) is 21.4. The highest BCUT2D eigenvalue weighted by atomic mass is 16.6. The predicted octanol–water partition coefficient (Wildman–Crippen LogP) is 4.86. The molecule has 4 rings (SSSR count). The van der Waals surface area contributed by atoms with E-state index in [9.17, 15) is 4.79 Å². The second-order valence-electron chi connectivity index (χ2n) is 7.64. The molecule has 0 unspecified atom stereocenters. The van der Waals surface area contributed by atoms with Crippen molar-refractivity contribution in [1.29, 1.82) is 0 Å². The van der Waals surface area contributed by atoms with Crippen molar-refractivity contribution < 1.29 is 19.5 Å². The largest absolute Gasteiger partial charge is 0.482 e. The highest BCUT2D eigenvalue weighted by Gasteiger charge is 2.18. The molecule has 0 saturated carbocycles. The molecule has 0 fully saturated rings. The number of hydrogen-bond donors (Lipinski definition) is 2. The molecule has 6 heteroatoms. The van der Waals surface area contributed by atoms with E-state index in [0.29, 0.717) is 18.8 Å². The van der Waals surface area contributed by atoms with Crippen molar-refractivity contribution in [2.45, 2.75) is 25.7 Å². The van der Waals surface area contributed by atoms with Crippen LogP contribution in [0.4, 0.5) is 0 Å². The Morgan fingerprint density at radius 2 is 1.97 bits per heavy atom. The summed E-state index contributed by atoms with van der Waals surface area (Å²) in [6.07, 6.45) is 9.39. The van der Waals surface area contributed by atoms with Gasteiger partial charge in [-0.05, 0) is 59.7 Å². The Kier molecular flexibility index (Phi) is 7.02. The molecule has 0 bridgehead atoms.